The van der Waals surface area contributed by atoms with Gasteiger partial charge in [-0.2, -0.15) is 0 Å². The van der Waals surface area contributed by atoms with Crippen LogP contribution in [0.1, 0.15) is 61.8 Å². The Hall–Kier alpha value is -1.38. The van der Waals surface area contributed by atoms with Crippen molar-refractivity contribution in [2.24, 2.45) is 11.8 Å². The van der Waals surface area contributed by atoms with E-state index in [4.69, 9.17) is 23.7 Å². The molecule has 0 unspecified atom stereocenters. The topological polar surface area (TPSA) is 92.3 Å². The summed E-state index contributed by atoms with van der Waals surface area (Å²) in [6, 6.07) is -0.860. The molecule has 1 saturated heterocycles. The molecule has 1 heterocycles. The molecule has 1 aliphatic heterocycles. The van der Waals surface area contributed by atoms with Crippen LogP contribution in [0.5, 0.6) is 0 Å². The molecule has 0 radical (unpaired) electrons. The second-order valence-corrected chi connectivity index (χ2v) is 9.66. The number of carbonyl (C=O) groups is 2. The van der Waals surface area contributed by atoms with Crippen LogP contribution in [0.3, 0.4) is 0 Å². The van der Waals surface area contributed by atoms with Crippen molar-refractivity contribution in [1.29, 1.82) is 0 Å². The quantitative estimate of drug-likeness (QED) is 0.618. The van der Waals surface area contributed by atoms with E-state index in [9.17, 15) is 9.59 Å². The second kappa shape index (κ2) is 12.5. The van der Waals surface area contributed by atoms with Gasteiger partial charge in [0.25, 0.3) is 0 Å². The van der Waals surface area contributed by atoms with Crippen molar-refractivity contribution in [3.05, 3.63) is 0 Å². The Morgan fingerprint density at radius 3 is 2.30 bits per heavy atom. The predicted molar refractivity (Wildman–Crippen MR) is 113 cm³/mol. The van der Waals surface area contributed by atoms with Crippen molar-refractivity contribution >= 4 is 12.1 Å². The van der Waals surface area contributed by atoms with E-state index in [1.807, 2.05) is 0 Å². The summed E-state index contributed by atoms with van der Waals surface area (Å²) in [6.45, 7) is 17.0. The summed E-state index contributed by atoms with van der Waals surface area (Å²) in [6.07, 6.45) is -1.79. The standard InChI is InChI=1S/C22H41NO7/c1-14(2)11-27-18-13-26-10-9-17(23-21(25)30-22(6,7)8)20(24)29-16(5)19(18)28-12-15(3)4/h14-19H,9-13H2,1-8H3,(H,23,25)/t16-,17-,18-,19-/m0/s1. The lowest BCUT2D eigenvalue weighted by molar-refractivity contribution is -0.181. The Balaban J connectivity index is 2.89. The summed E-state index contributed by atoms with van der Waals surface area (Å²) < 4.78 is 28.8. The first-order valence-electron chi connectivity index (χ1n) is 10.9. The monoisotopic (exact) mass is 431 g/mol. The molecule has 176 valence electrons. The van der Waals surface area contributed by atoms with Crippen LogP contribution >= 0.6 is 0 Å². The first-order valence-corrected chi connectivity index (χ1v) is 10.9. The van der Waals surface area contributed by atoms with E-state index in [0.29, 0.717) is 31.7 Å². The minimum absolute atomic E-state index is 0.266. The lowest BCUT2D eigenvalue weighted by Gasteiger charge is -2.34. The summed E-state index contributed by atoms with van der Waals surface area (Å²) in [7, 11) is 0. The third-order valence-electron chi connectivity index (χ3n) is 4.21. The molecule has 1 rings (SSSR count). The van der Waals surface area contributed by atoms with Crippen molar-refractivity contribution in [2.75, 3.05) is 26.4 Å². The normalized spacial score (nSPS) is 26.4. The maximum Gasteiger partial charge on any atom is 0.408 e. The second-order valence-electron chi connectivity index (χ2n) is 9.66. The van der Waals surface area contributed by atoms with Crippen molar-refractivity contribution in [1.82, 2.24) is 5.32 Å². The fourth-order valence-corrected chi connectivity index (χ4v) is 2.83. The summed E-state index contributed by atoms with van der Waals surface area (Å²) in [5.74, 6) is 0.127. The molecule has 1 aliphatic rings. The van der Waals surface area contributed by atoms with Gasteiger partial charge < -0.3 is 29.0 Å². The summed E-state index contributed by atoms with van der Waals surface area (Å²) in [5.41, 5.74) is -0.662. The number of hydrogen-bond acceptors (Lipinski definition) is 7. The molecule has 8 nitrogen and oxygen atoms in total. The van der Waals surface area contributed by atoms with Crippen LogP contribution < -0.4 is 5.32 Å². The number of esters is 1. The Labute approximate surface area is 181 Å². The average Bonchev–Trinajstić information content (AvgIpc) is 2.58. The van der Waals surface area contributed by atoms with Crippen LogP contribution in [0, 0.1) is 11.8 Å². The number of amides is 1. The first-order chi connectivity index (χ1) is 13.9. The number of carbonyl (C=O) groups excluding carboxylic acids is 2. The highest BCUT2D eigenvalue weighted by atomic mass is 16.6. The zero-order chi connectivity index (χ0) is 22.9. The minimum atomic E-state index is -0.860. The Bertz CT molecular complexity index is 530. The van der Waals surface area contributed by atoms with Crippen LogP contribution in [0.2, 0.25) is 0 Å². The molecule has 30 heavy (non-hydrogen) atoms. The fraction of sp³-hybridized carbons (Fsp3) is 0.909. The highest BCUT2D eigenvalue weighted by Crippen LogP contribution is 2.18. The van der Waals surface area contributed by atoms with Crippen molar-refractivity contribution in [3.63, 3.8) is 0 Å². The van der Waals surface area contributed by atoms with E-state index in [1.165, 1.54) is 0 Å². The third kappa shape index (κ3) is 10.6. The van der Waals surface area contributed by atoms with Crippen LogP contribution in [0.4, 0.5) is 4.79 Å². The Morgan fingerprint density at radius 1 is 1.13 bits per heavy atom. The highest BCUT2D eigenvalue weighted by Gasteiger charge is 2.35. The molecule has 0 aromatic carbocycles. The van der Waals surface area contributed by atoms with Gasteiger partial charge in [-0.15, -0.1) is 0 Å². The molecule has 0 bridgehead atoms. The van der Waals surface area contributed by atoms with Gasteiger partial charge >= 0.3 is 12.1 Å². The van der Waals surface area contributed by atoms with Crippen LogP contribution in [-0.2, 0) is 28.5 Å². The van der Waals surface area contributed by atoms with Gasteiger partial charge in [0, 0.05) is 26.2 Å². The molecule has 0 aromatic heterocycles. The molecule has 8 heteroatoms. The maximum atomic E-state index is 12.8. The van der Waals surface area contributed by atoms with E-state index < -0.39 is 35.9 Å². The number of cyclic esters (lactones) is 1. The maximum absolute atomic E-state index is 12.8. The zero-order valence-electron chi connectivity index (χ0n) is 19.9. The van der Waals surface area contributed by atoms with E-state index in [2.05, 4.69) is 33.0 Å². The lowest BCUT2D eigenvalue weighted by atomic mass is 10.1. The molecule has 0 aliphatic carbocycles. The smallest absolute Gasteiger partial charge is 0.408 e. The number of ether oxygens (including phenoxy) is 5. The Kier molecular flexibility index (Phi) is 11.1. The Morgan fingerprint density at radius 2 is 1.73 bits per heavy atom. The van der Waals surface area contributed by atoms with Crippen LogP contribution in [0.25, 0.3) is 0 Å². The third-order valence-corrected chi connectivity index (χ3v) is 4.21. The van der Waals surface area contributed by atoms with Gasteiger partial charge in [0.2, 0.25) is 0 Å². The van der Waals surface area contributed by atoms with Gasteiger partial charge in [0.05, 0.1) is 6.61 Å². The van der Waals surface area contributed by atoms with Crippen LogP contribution in [-0.4, -0.2) is 68.4 Å². The molecular weight excluding hydrogens is 390 g/mol. The molecule has 1 amide bonds. The van der Waals surface area contributed by atoms with Crippen LogP contribution in [0.15, 0.2) is 0 Å². The summed E-state index contributed by atoms with van der Waals surface area (Å²) in [4.78, 5) is 24.9. The van der Waals surface area contributed by atoms with E-state index in [-0.39, 0.29) is 19.1 Å². The van der Waals surface area contributed by atoms with E-state index in [0.717, 1.165) is 0 Å². The average molecular weight is 432 g/mol. The van der Waals surface area contributed by atoms with E-state index in [1.54, 1.807) is 27.7 Å². The fourth-order valence-electron chi connectivity index (χ4n) is 2.83. The lowest BCUT2D eigenvalue weighted by Crippen LogP contribution is -2.50. The van der Waals surface area contributed by atoms with Gasteiger partial charge in [0.15, 0.2) is 0 Å². The largest absolute Gasteiger partial charge is 0.458 e. The SMILES string of the molecule is CC(C)CO[C@H]1[C@H](C)OC(=O)[C@@H](NC(=O)OC(C)(C)C)CCOC[C@@H]1OCC(C)C. The predicted octanol–water partition coefficient (Wildman–Crippen LogP) is 3.31. The molecule has 4 atom stereocenters. The van der Waals surface area contributed by atoms with E-state index >= 15 is 0 Å². The minimum Gasteiger partial charge on any atom is -0.458 e. The highest BCUT2D eigenvalue weighted by molar-refractivity contribution is 5.81. The number of rotatable bonds is 7. The number of alkyl carbamates (subject to hydrolysis) is 1. The van der Waals surface area contributed by atoms with Crippen molar-refractivity contribution in [3.8, 4) is 0 Å². The van der Waals surface area contributed by atoms with Gasteiger partial charge in [-0.25, -0.2) is 9.59 Å². The molecule has 1 N–H and O–H groups in total. The molecule has 1 fully saturated rings. The van der Waals surface area contributed by atoms with Gasteiger partial charge in [0.1, 0.15) is 30.0 Å². The van der Waals surface area contributed by atoms with Gasteiger partial charge in [-0.1, -0.05) is 27.7 Å². The molecule has 0 saturated carbocycles. The van der Waals surface area contributed by atoms with Crippen molar-refractivity contribution in [2.45, 2.75) is 91.8 Å². The number of hydrogen-bond donors (Lipinski definition) is 1. The zero-order valence-corrected chi connectivity index (χ0v) is 19.9. The molecule has 0 aromatic rings. The number of nitrogens with one attached hydrogen (secondary N) is 1. The summed E-state index contributed by atoms with van der Waals surface area (Å²) in [5, 5.41) is 2.59. The van der Waals surface area contributed by atoms with Gasteiger partial charge in [-0.3, -0.25) is 0 Å². The summed E-state index contributed by atoms with van der Waals surface area (Å²) >= 11 is 0. The molecule has 0 spiro atoms. The molecular formula is C22H41NO7. The van der Waals surface area contributed by atoms with Gasteiger partial charge in [-0.05, 0) is 39.5 Å². The van der Waals surface area contributed by atoms with Crippen molar-refractivity contribution < 1.29 is 33.3 Å². The first kappa shape index (κ1) is 26.7.